The molecule has 7 rings (SSSR count). The molecule has 0 bridgehead atoms. The molecule has 1 saturated heterocycles. The number of nitrogens with zero attached hydrogens (tertiary/aromatic N) is 10. The number of allylic oxidation sites excluding steroid dienone is 2. The van der Waals surface area contributed by atoms with Crippen molar-refractivity contribution in [3.8, 4) is 5.75 Å². The van der Waals surface area contributed by atoms with Crippen LogP contribution in [0.2, 0.25) is 0 Å². The molecular weight excluding hydrogens is 933 g/mol. The number of nitrogens with one attached hydrogen (secondary N) is 2. The highest BCUT2D eigenvalue weighted by molar-refractivity contribution is 7.89. The molecule has 1 atom stereocenters. The number of primary sulfonamides is 1. The maximum Gasteiger partial charge on any atom is 0.276 e. The summed E-state index contributed by atoms with van der Waals surface area (Å²) in [6, 6.07) is 10.4. The number of nitrogens with two attached hydrogens (primary N) is 2. The predicted molar refractivity (Wildman–Crippen MR) is 256 cm³/mol. The lowest BCUT2D eigenvalue weighted by Gasteiger charge is -2.20. The summed E-state index contributed by atoms with van der Waals surface area (Å²) in [7, 11) is -2.49. The Balaban J connectivity index is 1.18. The molecule has 6 aromatic rings. The van der Waals surface area contributed by atoms with Gasteiger partial charge >= 0.3 is 0 Å². The number of ether oxygens (including phenoxy) is 1. The standard InChI is InChI=1S/C44H52N14O9S2/c1-6-57-32(19-25(3)51-57)40(62)49-43-47-29-23-28(69(46,65)66)11-12-31(29)54(43)15-8-9-16-56-38-30(48-44(56)50-41(63)33-20-26(4)52-58(33)7-2)21-27(39(45)61)22-34(38)67-18-10-14-53(5)36(59)13-17-55-37(60)24-35(68)42(55)64/h8-9,11-12,19-23,35,68H,6-7,10,13-18,24H2,1-5H3,(H2,45,61)(H2,46,65,66)(H,47,49,62)(H,48,50,63)/b9-8+. The topological polar surface area (TPSA) is 300 Å². The maximum atomic E-state index is 13.8. The fraction of sp³-hybridized carbons (Fsp3) is 0.364. The summed E-state index contributed by atoms with van der Waals surface area (Å²) in [6.45, 7) is 8.52. The van der Waals surface area contributed by atoms with E-state index in [2.05, 4.69) is 38.4 Å². The second-order valence-corrected chi connectivity index (χ2v) is 18.4. The number of carbonyl (C=O) groups is 6. The summed E-state index contributed by atoms with van der Waals surface area (Å²) in [5.41, 5.74) is 9.08. The van der Waals surface area contributed by atoms with E-state index in [-0.39, 0.29) is 102 Å². The van der Waals surface area contributed by atoms with Gasteiger partial charge in [-0.05, 0) is 76.6 Å². The Hall–Kier alpha value is -7.38. The minimum absolute atomic E-state index is 0.00685. The van der Waals surface area contributed by atoms with Crippen LogP contribution >= 0.6 is 12.6 Å². The summed E-state index contributed by atoms with van der Waals surface area (Å²) < 4.78 is 37.3. The number of imide groups is 1. The molecule has 25 heteroatoms. The van der Waals surface area contributed by atoms with Crippen LogP contribution in [0.4, 0.5) is 11.9 Å². The summed E-state index contributed by atoms with van der Waals surface area (Å²) in [5, 5.41) is 19.2. The van der Waals surface area contributed by atoms with Crippen molar-refractivity contribution in [2.45, 2.75) is 83.3 Å². The number of imidazole rings is 2. The van der Waals surface area contributed by atoms with Gasteiger partial charge in [0.2, 0.25) is 45.5 Å². The zero-order chi connectivity index (χ0) is 49.9. The van der Waals surface area contributed by atoms with Crippen molar-refractivity contribution < 1.29 is 41.9 Å². The molecule has 364 valence electrons. The van der Waals surface area contributed by atoms with Crippen molar-refractivity contribution in [1.29, 1.82) is 0 Å². The lowest BCUT2D eigenvalue weighted by atomic mass is 10.1. The van der Waals surface area contributed by atoms with Gasteiger partial charge in [-0.2, -0.15) is 22.8 Å². The molecule has 1 aliphatic heterocycles. The van der Waals surface area contributed by atoms with Crippen LogP contribution in [0.25, 0.3) is 22.1 Å². The van der Waals surface area contributed by atoms with Crippen LogP contribution in [0.5, 0.6) is 5.75 Å². The molecule has 4 aromatic heterocycles. The lowest BCUT2D eigenvalue weighted by molar-refractivity contribution is -0.139. The smallest absolute Gasteiger partial charge is 0.276 e. The van der Waals surface area contributed by atoms with Gasteiger partial charge in [0.05, 0.1) is 44.7 Å². The molecule has 69 heavy (non-hydrogen) atoms. The zero-order valence-electron chi connectivity index (χ0n) is 38.5. The van der Waals surface area contributed by atoms with E-state index in [4.69, 9.17) is 20.6 Å². The number of sulfonamides is 1. The van der Waals surface area contributed by atoms with Gasteiger partial charge in [0.1, 0.15) is 22.7 Å². The number of fused-ring (bicyclic) bond motifs is 2. The number of carbonyl (C=O) groups excluding carboxylic acids is 6. The molecular formula is C44H52N14O9S2. The van der Waals surface area contributed by atoms with Crippen LogP contribution in [0.3, 0.4) is 0 Å². The average Bonchev–Trinajstić information content (AvgIpc) is 4.11. The van der Waals surface area contributed by atoms with E-state index in [9.17, 15) is 37.2 Å². The number of rotatable bonds is 20. The molecule has 6 amide bonds. The quantitative estimate of drug-likeness (QED) is 0.0319. The SMILES string of the molecule is CCn1nc(C)cc1C(=O)Nc1nc2cc(S(N)(=O)=O)ccc2n1C/C=C/Cn1c(NC(=O)c2cc(C)nn2CC)nc2cc(C(N)=O)cc(OCCCN(C)C(=O)CCN3C(=O)CC(S)C3=O)c21. The third-order valence-electron chi connectivity index (χ3n) is 11.3. The van der Waals surface area contributed by atoms with Crippen molar-refractivity contribution in [2.24, 2.45) is 10.9 Å². The van der Waals surface area contributed by atoms with Gasteiger partial charge in [-0.25, -0.2) is 23.5 Å². The summed E-state index contributed by atoms with van der Waals surface area (Å²) >= 11 is 4.13. The first-order valence-corrected chi connectivity index (χ1v) is 24.0. The van der Waals surface area contributed by atoms with Crippen molar-refractivity contribution in [2.75, 3.05) is 37.4 Å². The van der Waals surface area contributed by atoms with Crippen LogP contribution in [0.15, 0.2) is 59.5 Å². The largest absolute Gasteiger partial charge is 0.491 e. The Morgan fingerprint density at radius 1 is 0.884 bits per heavy atom. The monoisotopic (exact) mass is 984 g/mol. The first-order valence-electron chi connectivity index (χ1n) is 21.9. The first-order chi connectivity index (χ1) is 32.8. The Labute approximate surface area is 401 Å². The van der Waals surface area contributed by atoms with Crippen molar-refractivity contribution in [3.63, 3.8) is 0 Å². The normalized spacial score (nSPS) is 14.1. The van der Waals surface area contributed by atoms with Crippen LogP contribution in [0.1, 0.15) is 75.8 Å². The number of primary amides is 1. The van der Waals surface area contributed by atoms with E-state index in [1.807, 2.05) is 13.8 Å². The van der Waals surface area contributed by atoms with E-state index in [0.717, 1.165) is 4.90 Å². The van der Waals surface area contributed by atoms with Gasteiger partial charge in [-0.3, -0.25) is 53.7 Å². The van der Waals surface area contributed by atoms with Gasteiger partial charge < -0.3 is 24.5 Å². The summed E-state index contributed by atoms with van der Waals surface area (Å²) in [6.07, 6.45) is 3.81. The van der Waals surface area contributed by atoms with E-state index in [1.165, 1.54) is 35.2 Å². The highest BCUT2D eigenvalue weighted by Crippen LogP contribution is 2.32. The van der Waals surface area contributed by atoms with Crippen LogP contribution in [0, 0.1) is 13.8 Å². The van der Waals surface area contributed by atoms with Gasteiger partial charge in [0.15, 0.2) is 0 Å². The first kappa shape index (κ1) is 49.5. The zero-order valence-corrected chi connectivity index (χ0v) is 40.2. The number of thiol groups is 1. The van der Waals surface area contributed by atoms with Crippen molar-refractivity contribution >= 4 is 92.1 Å². The maximum absolute atomic E-state index is 13.8. The Morgan fingerprint density at radius 2 is 1.48 bits per heavy atom. The molecule has 1 fully saturated rings. The molecule has 0 saturated carbocycles. The van der Waals surface area contributed by atoms with Crippen LogP contribution in [-0.2, 0) is 50.6 Å². The van der Waals surface area contributed by atoms with E-state index >= 15 is 0 Å². The van der Waals surface area contributed by atoms with Crippen LogP contribution < -0.4 is 26.2 Å². The molecule has 23 nitrogen and oxygen atoms in total. The summed E-state index contributed by atoms with van der Waals surface area (Å²) in [4.78, 5) is 89.1. The molecule has 6 N–H and O–H groups in total. The average molecular weight is 985 g/mol. The fourth-order valence-electron chi connectivity index (χ4n) is 7.86. The highest BCUT2D eigenvalue weighted by Gasteiger charge is 2.36. The van der Waals surface area contributed by atoms with Gasteiger partial charge in [0, 0.05) is 64.7 Å². The Morgan fingerprint density at radius 3 is 2.04 bits per heavy atom. The highest BCUT2D eigenvalue weighted by atomic mass is 32.2. The third kappa shape index (κ3) is 10.8. The van der Waals surface area contributed by atoms with Gasteiger partial charge in [0.25, 0.3) is 11.8 Å². The molecule has 0 radical (unpaired) electrons. The minimum Gasteiger partial charge on any atom is -0.491 e. The van der Waals surface area contributed by atoms with Gasteiger partial charge in [-0.1, -0.05) is 12.2 Å². The number of anilines is 2. The molecule has 1 unspecified atom stereocenters. The Kier molecular flexibility index (Phi) is 14.7. The van der Waals surface area contributed by atoms with Gasteiger partial charge in [-0.15, -0.1) is 0 Å². The number of amides is 6. The van der Waals surface area contributed by atoms with Crippen molar-refractivity contribution in [1.82, 2.24) is 48.5 Å². The van der Waals surface area contributed by atoms with Crippen LogP contribution in [-0.4, -0.2) is 124 Å². The molecule has 0 spiro atoms. The number of benzene rings is 2. The summed E-state index contributed by atoms with van der Waals surface area (Å²) in [5.74, 6) is -2.41. The molecule has 2 aromatic carbocycles. The molecule has 1 aliphatic rings. The number of aromatic nitrogens is 8. The Bertz CT molecular complexity index is 3170. The van der Waals surface area contributed by atoms with E-state index in [0.29, 0.717) is 47.6 Å². The van der Waals surface area contributed by atoms with E-state index in [1.54, 1.807) is 63.7 Å². The number of likely N-dealkylation sites (tertiary alicyclic amines) is 1. The fourth-order valence-corrected chi connectivity index (χ4v) is 8.69. The molecule has 0 aliphatic carbocycles. The number of hydrogen-bond donors (Lipinski definition) is 5. The second kappa shape index (κ2) is 20.5. The predicted octanol–water partition coefficient (Wildman–Crippen LogP) is 2.62. The van der Waals surface area contributed by atoms with E-state index < -0.39 is 38.9 Å². The minimum atomic E-state index is -4.08. The number of aryl methyl sites for hydroxylation is 4. The molecule has 5 heterocycles. The second-order valence-electron chi connectivity index (χ2n) is 16.2. The lowest BCUT2D eigenvalue weighted by Crippen LogP contribution is -2.36. The number of hydrogen-bond acceptors (Lipinski definition) is 14. The third-order valence-corrected chi connectivity index (χ3v) is 12.6. The van der Waals surface area contributed by atoms with Crippen molar-refractivity contribution in [3.05, 3.63) is 83.0 Å².